The van der Waals surface area contributed by atoms with Gasteiger partial charge in [-0.05, 0) is 46.7 Å². The molecular formula is C31H33N3O. The summed E-state index contributed by atoms with van der Waals surface area (Å²) in [6.45, 7) is 1.43. The predicted molar refractivity (Wildman–Crippen MR) is 143 cm³/mol. The minimum Gasteiger partial charge on any atom is -0.335 e. The summed E-state index contributed by atoms with van der Waals surface area (Å²) in [6.07, 6.45) is 2.25. The zero-order valence-corrected chi connectivity index (χ0v) is 20.0. The van der Waals surface area contributed by atoms with Crippen molar-refractivity contribution >= 4 is 16.7 Å². The Morgan fingerprint density at radius 3 is 2.14 bits per heavy atom. The first-order chi connectivity index (χ1) is 17.2. The van der Waals surface area contributed by atoms with E-state index in [-0.39, 0.29) is 18.0 Å². The standard InChI is InChI=1S/C31H33N3O/c32-30(20-25-15-16-26-13-7-8-14-27(26)17-25)31(35)34-22-28(18-23-9-3-1-4-10-23)33-21-29(34)19-24-11-5-2-6-12-24/h1-17,28-30,33H,18-22,32H2/t28-,29+,30+/m0/s1. The molecule has 0 saturated carbocycles. The molecule has 3 N–H and O–H groups in total. The zero-order chi connectivity index (χ0) is 24.0. The lowest BCUT2D eigenvalue weighted by atomic mass is 9.95. The number of piperazine rings is 1. The first-order valence-electron chi connectivity index (χ1n) is 12.5. The predicted octanol–water partition coefficient (Wildman–Crippen LogP) is 4.36. The van der Waals surface area contributed by atoms with E-state index in [0.717, 1.165) is 24.9 Å². The van der Waals surface area contributed by atoms with Crippen LogP contribution < -0.4 is 11.1 Å². The van der Waals surface area contributed by atoms with Crippen molar-refractivity contribution in [1.82, 2.24) is 10.2 Å². The summed E-state index contributed by atoms with van der Waals surface area (Å²) in [5.74, 6) is 0.0404. The minimum absolute atomic E-state index is 0.0404. The summed E-state index contributed by atoms with van der Waals surface area (Å²) in [6, 6.07) is 35.2. The van der Waals surface area contributed by atoms with Gasteiger partial charge in [0, 0.05) is 25.2 Å². The maximum Gasteiger partial charge on any atom is 0.240 e. The molecule has 0 spiro atoms. The molecule has 1 fully saturated rings. The molecular weight excluding hydrogens is 430 g/mol. The average molecular weight is 464 g/mol. The Morgan fingerprint density at radius 2 is 1.43 bits per heavy atom. The van der Waals surface area contributed by atoms with E-state index in [2.05, 4.69) is 84.2 Å². The molecule has 35 heavy (non-hydrogen) atoms. The summed E-state index contributed by atoms with van der Waals surface area (Å²) in [7, 11) is 0. The molecule has 4 aromatic rings. The fourth-order valence-corrected chi connectivity index (χ4v) is 5.16. The number of hydrogen-bond donors (Lipinski definition) is 2. The van der Waals surface area contributed by atoms with E-state index in [9.17, 15) is 4.79 Å². The van der Waals surface area contributed by atoms with Gasteiger partial charge in [0.25, 0.3) is 0 Å². The second kappa shape index (κ2) is 10.9. The molecule has 1 amide bonds. The van der Waals surface area contributed by atoms with E-state index in [1.165, 1.54) is 21.9 Å². The molecule has 1 saturated heterocycles. The number of fused-ring (bicyclic) bond motifs is 1. The lowest BCUT2D eigenvalue weighted by molar-refractivity contribution is -0.136. The first-order valence-corrected chi connectivity index (χ1v) is 12.5. The third-order valence-corrected chi connectivity index (χ3v) is 7.01. The summed E-state index contributed by atoms with van der Waals surface area (Å²) in [5, 5.41) is 6.07. The SMILES string of the molecule is N[C@H](Cc1ccc2ccccc2c1)C(=O)N1C[C@H](Cc2ccccc2)NC[C@H]1Cc1ccccc1. The Bertz CT molecular complexity index is 1260. The topological polar surface area (TPSA) is 58.4 Å². The number of amides is 1. The smallest absolute Gasteiger partial charge is 0.240 e. The van der Waals surface area contributed by atoms with E-state index in [4.69, 9.17) is 5.73 Å². The van der Waals surface area contributed by atoms with Crippen LogP contribution in [-0.4, -0.2) is 42.0 Å². The lowest BCUT2D eigenvalue weighted by Gasteiger charge is -2.42. The van der Waals surface area contributed by atoms with Crippen molar-refractivity contribution in [3.8, 4) is 0 Å². The van der Waals surface area contributed by atoms with Crippen LogP contribution in [0.3, 0.4) is 0 Å². The van der Waals surface area contributed by atoms with E-state index in [1.807, 2.05) is 29.2 Å². The summed E-state index contributed by atoms with van der Waals surface area (Å²) < 4.78 is 0. The molecule has 1 aliphatic rings. The van der Waals surface area contributed by atoms with Crippen LogP contribution in [0.1, 0.15) is 16.7 Å². The number of nitrogens with one attached hydrogen (secondary N) is 1. The molecule has 0 aromatic heterocycles. The van der Waals surface area contributed by atoms with Crippen molar-refractivity contribution < 1.29 is 4.79 Å². The fourth-order valence-electron chi connectivity index (χ4n) is 5.16. The molecule has 1 heterocycles. The Morgan fingerprint density at radius 1 is 0.800 bits per heavy atom. The van der Waals surface area contributed by atoms with Gasteiger partial charge < -0.3 is 16.0 Å². The van der Waals surface area contributed by atoms with Gasteiger partial charge in [-0.3, -0.25) is 4.79 Å². The molecule has 4 heteroatoms. The summed E-state index contributed by atoms with van der Waals surface area (Å²) in [4.78, 5) is 15.8. The normalized spacial score (nSPS) is 18.9. The minimum atomic E-state index is -0.565. The number of carbonyl (C=O) groups excluding carboxylic acids is 1. The molecule has 5 rings (SSSR count). The quantitative estimate of drug-likeness (QED) is 0.428. The highest BCUT2D eigenvalue weighted by Gasteiger charge is 2.33. The summed E-state index contributed by atoms with van der Waals surface area (Å²) in [5.41, 5.74) is 10.2. The van der Waals surface area contributed by atoms with E-state index in [1.54, 1.807) is 0 Å². The van der Waals surface area contributed by atoms with Crippen LogP contribution in [0.4, 0.5) is 0 Å². The van der Waals surface area contributed by atoms with Crippen molar-refractivity contribution in [3.05, 3.63) is 120 Å². The Kier molecular flexibility index (Phi) is 7.22. The molecule has 4 nitrogen and oxygen atoms in total. The molecule has 0 bridgehead atoms. The van der Waals surface area contributed by atoms with Gasteiger partial charge in [-0.25, -0.2) is 0 Å². The van der Waals surface area contributed by atoms with Gasteiger partial charge in [0.05, 0.1) is 6.04 Å². The number of benzene rings is 4. The molecule has 0 unspecified atom stereocenters. The highest BCUT2D eigenvalue weighted by molar-refractivity contribution is 5.84. The van der Waals surface area contributed by atoms with Crippen molar-refractivity contribution in [2.75, 3.05) is 13.1 Å². The molecule has 4 aromatic carbocycles. The number of nitrogens with two attached hydrogens (primary N) is 1. The molecule has 3 atom stereocenters. The van der Waals surface area contributed by atoms with Crippen molar-refractivity contribution in [3.63, 3.8) is 0 Å². The van der Waals surface area contributed by atoms with Gasteiger partial charge in [0.2, 0.25) is 5.91 Å². The third kappa shape index (κ3) is 5.79. The summed E-state index contributed by atoms with van der Waals surface area (Å²) >= 11 is 0. The van der Waals surface area contributed by atoms with Crippen LogP contribution in [0.25, 0.3) is 10.8 Å². The van der Waals surface area contributed by atoms with Crippen LogP contribution in [0.15, 0.2) is 103 Å². The highest BCUT2D eigenvalue weighted by Crippen LogP contribution is 2.20. The molecule has 1 aliphatic heterocycles. The number of hydrogen-bond acceptors (Lipinski definition) is 3. The average Bonchev–Trinajstić information content (AvgIpc) is 2.90. The maximum atomic E-state index is 13.7. The fraction of sp³-hybridized carbons (Fsp3) is 0.258. The third-order valence-electron chi connectivity index (χ3n) is 7.01. The van der Waals surface area contributed by atoms with Crippen LogP contribution in [0.5, 0.6) is 0 Å². The Balaban J connectivity index is 1.33. The molecule has 0 radical (unpaired) electrons. The Labute approximate surface area is 207 Å². The number of nitrogens with zero attached hydrogens (tertiary/aromatic N) is 1. The monoisotopic (exact) mass is 463 g/mol. The van der Waals surface area contributed by atoms with E-state index < -0.39 is 6.04 Å². The van der Waals surface area contributed by atoms with Crippen LogP contribution >= 0.6 is 0 Å². The van der Waals surface area contributed by atoms with Gasteiger partial charge in [-0.1, -0.05) is 103 Å². The van der Waals surface area contributed by atoms with Crippen molar-refractivity contribution in [1.29, 1.82) is 0 Å². The van der Waals surface area contributed by atoms with Gasteiger partial charge >= 0.3 is 0 Å². The van der Waals surface area contributed by atoms with E-state index >= 15 is 0 Å². The second-order valence-corrected chi connectivity index (χ2v) is 9.62. The number of rotatable bonds is 7. The molecule has 0 aliphatic carbocycles. The van der Waals surface area contributed by atoms with E-state index in [0.29, 0.717) is 13.0 Å². The molecule has 178 valence electrons. The largest absolute Gasteiger partial charge is 0.335 e. The van der Waals surface area contributed by atoms with Crippen LogP contribution in [0.2, 0.25) is 0 Å². The van der Waals surface area contributed by atoms with Crippen molar-refractivity contribution in [2.24, 2.45) is 5.73 Å². The van der Waals surface area contributed by atoms with Gasteiger partial charge in [0.1, 0.15) is 0 Å². The maximum absolute atomic E-state index is 13.7. The zero-order valence-electron chi connectivity index (χ0n) is 20.0. The van der Waals surface area contributed by atoms with Crippen LogP contribution in [-0.2, 0) is 24.1 Å². The number of carbonyl (C=O) groups is 1. The van der Waals surface area contributed by atoms with Gasteiger partial charge in [-0.2, -0.15) is 0 Å². The second-order valence-electron chi connectivity index (χ2n) is 9.62. The van der Waals surface area contributed by atoms with Gasteiger partial charge in [0.15, 0.2) is 0 Å². The first kappa shape index (κ1) is 23.3. The van der Waals surface area contributed by atoms with Crippen molar-refractivity contribution in [2.45, 2.75) is 37.4 Å². The van der Waals surface area contributed by atoms with Gasteiger partial charge in [-0.15, -0.1) is 0 Å². The highest BCUT2D eigenvalue weighted by atomic mass is 16.2. The Hall–Kier alpha value is -3.47. The van der Waals surface area contributed by atoms with Crippen LogP contribution in [0, 0.1) is 0 Å². The lowest BCUT2D eigenvalue weighted by Crippen LogP contribution is -2.62.